The first-order chi connectivity index (χ1) is 10.3. The van der Waals surface area contributed by atoms with E-state index < -0.39 is 0 Å². The number of nitrogens with one attached hydrogen (secondary N) is 1. The third kappa shape index (κ3) is 2.39. The summed E-state index contributed by atoms with van der Waals surface area (Å²) in [5, 5.41) is 19.0. The van der Waals surface area contributed by atoms with Gasteiger partial charge < -0.3 is 5.32 Å². The van der Waals surface area contributed by atoms with E-state index in [9.17, 15) is 4.79 Å². The van der Waals surface area contributed by atoms with Crippen molar-refractivity contribution in [2.24, 2.45) is 0 Å². The third-order valence-corrected chi connectivity index (χ3v) is 5.44. The summed E-state index contributed by atoms with van der Waals surface area (Å²) in [5.74, 6) is 0. The van der Waals surface area contributed by atoms with Gasteiger partial charge in [-0.3, -0.25) is 4.79 Å². The fraction of sp³-hybridized carbons (Fsp3) is 0.385. The Bertz CT molecular complexity index is 817. The molecule has 1 aliphatic heterocycles. The Morgan fingerprint density at radius 2 is 2.38 bits per heavy atom. The molecule has 1 aliphatic rings. The number of nitrogens with zero attached hydrogens (tertiary/aromatic N) is 4. The van der Waals surface area contributed by atoms with E-state index in [4.69, 9.17) is 0 Å². The van der Waals surface area contributed by atoms with Crippen molar-refractivity contribution < 1.29 is 0 Å². The fourth-order valence-corrected chi connectivity index (χ4v) is 4.14. The number of rotatable bonds is 3. The molecule has 0 spiro atoms. The van der Waals surface area contributed by atoms with Gasteiger partial charge in [-0.05, 0) is 30.8 Å². The normalized spacial score (nSPS) is 18.6. The summed E-state index contributed by atoms with van der Waals surface area (Å²) >= 11 is 3.06. The van der Waals surface area contributed by atoms with Crippen LogP contribution in [0.3, 0.4) is 0 Å². The van der Waals surface area contributed by atoms with E-state index >= 15 is 0 Å². The van der Waals surface area contributed by atoms with Gasteiger partial charge in [-0.25, -0.2) is 0 Å². The van der Waals surface area contributed by atoms with Crippen molar-refractivity contribution in [1.82, 2.24) is 25.1 Å². The molecular weight excluding hydrogens is 306 g/mol. The summed E-state index contributed by atoms with van der Waals surface area (Å²) in [5.41, 5.74) is 0.292. The molecule has 0 bridgehead atoms. The van der Waals surface area contributed by atoms with Gasteiger partial charge in [0.15, 0.2) is 0 Å². The van der Waals surface area contributed by atoms with Crippen molar-refractivity contribution in [1.29, 1.82) is 0 Å². The molecule has 108 valence electrons. The van der Waals surface area contributed by atoms with Crippen LogP contribution >= 0.6 is 22.7 Å². The maximum absolute atomic E-state index is 12.5. The monoisotopic (exact) mass is 319 g/mol. The Labute approximate surface area is 128 Å². The van der Waals surface area contributed by atoms with Gasteiger partial charge in [0.05, 0.1) is 6.04 Å². The Morgan fingerprint density at radius 1 is 1.43 bits per heavy atom. The van der Waals surface area contributed by atoms with Crippen molar-refractivity contribution in [3.05, 3.63) is 43.4 Å². The summed E-state index contributed by atoms with van der Waals surface area (Å²) in [6.07, 6.45) is 2.72. The molecule has 0 aliphatic carbocycles. The lowest BCUT2D eigenvalue weighted by atomic mass is 10.2. The highest BCUT2D eigenvalue weighted by Crippen LogP contribution is 2.26. The van der Waals surface area contributed by atoms with Crippen LogP contribution in [0.15, 0.2) is 22.3 Å². The third-order valence-electron chi connectivity index (χ3n) is 3.55. The molecule has 0 radical (unpaired) electrons. The van der Waals surface area contributed by atoms with Gasteiger partial charge in [-0.1, -0.05) is 17.4 Å². The molecule has 1 saturated heterocycles. The summed E-state index contributed by atoms with van der Waals surface area (Å²) < 4.78 is 1.40. The van der Waals surface area contributed by atoms with Crippen molar-refractivity contribution in [3.63, 3.8) is 0 Å². The van der Waals surface area contributed by atoms with Crippen molar-refractivity contribution in [2.45, 2.75) is 25.3 Å². The van der Waals surface area contributed by atoms with Crippen LogP contribution in [0.5, 0.6) is 0 Å². The van der Waals surface area contributed by atoms with Crippen LogP contribution in [0, 0.1) is 0 Å². The number of aromatic nitrogens is 4. The molecule has 21 heavy (non-hydrogen) atoms. The van der Waals surface area contributed by atoms with Crippen LogP contribution in [0.25, 0.3) is 4.96 Å². The summed E-state index contributed by atoms with van der Waals surface area (Å²) in [7, 11) is 0. The molecular formula is C13H13N5OS2. The Morgan fingerprint density at radius 3 is 3.14 bits per heavy atom. The molecule has 1 N–H and O–H groups in total. The number of hydrogen-bond donors (Lipinski definition) is 1. The van der Waals surface area contributed by atoms with Crippen LogP contribution in [0.2, 0.25) is 0 Å². The fourth-order valence-electron chi connectivity index (χ4n) is 2.49. The van der Waals surface area contributed by atoms with Crippen LogP contribution in [-0.4, -0.2) is 26.4 Å². The predicted octanol–water partition coefficient (Wildman–Crippen LogP) is 1.62. The van der Waals surface area contributed by atoms with Gasteiger partial charge in [0.2, 0.25) is 4.96 Å². The lowest BCUT2D eigenvalue weighted by molar-refractivity contribution is 0.626. The molecule has 1 unspecified atom stereocenters. The molecule has 4 rings (SSSR count). The second-order valence-electron chi connectivity index (χ2n) is 4.99. The lowest BCUT2D eigenvalue weighted by Gasteiger charge is -2.02. The molecule has 3 aromatic rings. The second kappa shape index (κ2) is 5.28. The van der Waals surface area contributed by atoms with E-state index in [0.29, 0.717) is 17.1 Å². The average Bonchev–Trinajstić information content (AvgIpc) is 3.21. The molecule has 6 nitrogen and oxygen atoms in total. The van der Waals surface area contributed by atoms with E-state index in [-0.39, 0.29) is 11.6 Å². The van der Waals surface area contributed by atoms with Gasteiger partial charge in [-0.2, -0.15) is 9.61 Å². The topological polar surface area (TPSA) is 72.2 Å². The van der Waals surface area contributed by atoms with Gasteiger partial charge in [0.1, 0.15) is 10.7 Å². The first-order valence-electron chi connectivity index (χ1n) is 6.82. The van der Waals surface area contributed by atoms with Crippen LogP contribution < -0.4 is 10.9 Å². The second-order valence-corrected chi connectivity index (χ2v) is 7.01. The van der Waals surface area contributed by atoms with E-state index in [1.165, 1.54) is 15.9 Å². The minimum absolute atomic E-state index is 0.158. The first kappa shape index (κ1) is 13.1. The lowest BCUT2D eigenvalue weighted by Crippen LogP contribution is -2.22. The van der Waals surface area contributed by atoms with Gasteiger partial charge in [0.25, 0.3) is 5.56 Å². The Hall–Kier alpha value is -1.64. The first-order valence-corrected chi connectivity index (χ1v) is 8.52. The van der Waals surface area contributed by atoms with E-state index in [2.05, 4.69) is 20.6 Å². The van der Waals surface area contributed by atoms with Crippen LogP contribution in [-0.2, 0) is 6.42 Å². The Balaban J connectivity index is 1.74. The largest absolute Gasteiger partial charge is 0.308 e. The SMILES string of the molecule is O=c1c(Cc2cccs2)nnc2sc(C3CCCN3)nn12. The standard InChI is InChI=1S/C13H13N5OS2/c19-12-10(7-8-3-2-6-20-8)15-16-13-18(12)17-11(21-13)9-4-1-5-14-9/h2-3,6,9,14H,1,4-5,7H2. The van der Waals surface area contributed by atoms with Gasteiger partial charge in [-0.15, -0.1) is 21.5 Å². The molecule has 3 aromatic heterocycles. The molecule has 4 heterocycles. The smallest absolute Gasteiger partial charge is 0.297 e. The van der Waals surface area contributed by atoms with Crippen LogP contribution in [0.4, 0.5) is 0 Å². The number of fused-ring (bicyclic) bond motifs is 1. The molecule has 0 saturated carbocycles. The van der Waals surface area contributed by atoms with Crippen molar-refractivity contribution in [2.75, 3.05) is 6.54 Å². The van der Waals surface area contributed by atoms with E-state index in [0.717, 1.165) is 29.3 Å². The summed E-state index contributed by atoms with van der Waals surface area (Å²) in [4.78, 5) is 14.1. The van der Waals surface area contributed by atoms with Crippen molar-refractivity contribution >= 4 is 27.6 Å². The zero-order valence-corrected chi connectivity index (χ0v) is 12.8. The minimum atomic E-state index is -0.158. The van der Waals surface area contributed by atoms with E-state index in [1.807, 2.05) is 17.5 Å². The molecule has 0 aromatic carbocycles. The van der Waals surface area contributed by atoms with Gasteiger partial charge >= 0.3 is 0 Å². The molecule has 1 fully saturated rings. The van der Waals surface area contributed by atoms with Crippen LogP contribution in [0.1, 0.15) is 34.5 Å². The highest BCUT2D eigenvalue weighted by molar-refractivity contribution is 7.16. The zero-order chi connectivity index (χ0) is 14.2. The maximum Gasteiger partial charge on any atom is 0.297 e. The molecule has 1 atom stereocenters. The average molecular weight is 319 g/mol. The molecule has 0 amide bonds. The quantitative estimate of drug-likeness (QED) is 0.794. The summed E-state index contributed by atoms with van der Waals surface area (Å²) in [6.45, 7) is 1.00. The van der Waals surface area contributed by atoms with Gasteiger partial charge in [0, 0.05) is 11.3 Å². The number of hydrogen-bond acceptors (Lipinski definition) is 7. The highest BCUT2D eigenvalue weighted by atomic mass is 32.1. The Kier molecular flexibility index (Phi) is 3.28. The number of thiophene rings is 1. The maximum atomic E-state index is 12.5. The zero-order valence-electron chi connectivity index (χ0n) is 11.2. The highest BCUT2D eigenvalue weighted by Gasteiger charge is 2.22. The summed E-state index contributed by atoms with van der Waals surface area (Å²) in [6, 6.07) is 4.21. The van der Waals surface area contributed by atoms with E-state index in [1.54, 1.807) is 11.3 Å². The molecule has 8 heteroatoms. The minimum Gasteiger partial charge on any atom is -0.308 e. The van der Waals surface area contributed by atoms with Crippen molar-refractivity contribution in [3.8, 4) is 0 Å². The predicted molar refractivity (Wildman–Crippen MR) is 82.0 cm³/mol.